The molecule has 16 nitrogen and oxygen atoms in total. The number of imidazole rings is 1. The second kappa shape index (κ2) is 17.2. The van der Waals surface area contributed by atoms with Crippen LogP contribution in [0.15, 0.2) is 77.6 Å². The van der Waals surface area contributed by atoms with Crippen molar-refractivity contribution in [3.63, 3.8) is 0 Å². The molecule has 3 aliphatic rings. The summed E-state index contributed by atoms with van der Waals surface area (Å²) in [7, 11) is 0. The Balaban J connectivity index is 0.768. The molecule has 326 valence electrons. The number of aryl methyl sites for hydroxylation is 1. The summed E-state index contributed by atoms with van der Waals surface area (Å²) in [5, 5.41) is 9.28. The standard InChI is InChI=1S/C47H54N12O4/c1-29-26-33(8-15-37(29)30(2)50-44(61)43-54-45(63-55-43)47(3,4)5)39-40-42(49-28-48-39)53-41(52-40)32-6-9-34(10-7-32)58-24-22-56(23-25-58)27-31-16-19-57(20-17-31)35-11-13-36(14-12-35)59-21-18-38(60)51-46(59)62/h6-15,26,28,30-31H,16-25,27H2,1-5H3,(H,50,61)(H,51,60,62)(H,48,49,52,53). The van der Waals surface area contributed by atoms with E-state index in [0.29, 0.717) is 30.4 Å². The van der Waals surface area contributed by atoms with Gasteiger partial charge >= 0.3 is 6.03 Å². The average Bonchev–Trinajstić information content (AvgIpc) is 3.97. The molecule has 3 saturated heterocycles. The van der Waals surface area contributed by atoms with Crippen LogP contribution in [0.2, 0.25) is 0 Å². The van der Waals surface area contributed by atoms with Crippen molar-refractivity contribution in [3.05, 3.63) is 95.9 Å². The Morgan fingerprint density at radius 1 is 0.841 bits per heavy atom. The van der Waals surface area contributed by atoms with Gasteiger partial charge in [-0.3, -0.25) is 24.7 Å². The number of benzene rings is 3. The van der Waals surface area contributed by atoms with Gasteiger partial charge in [0.2, 0.25) is 11.8 Å². The van der Waals surface area contributed by atoms with E-state index in [2.05, 4.69) is 92.9 Å². The summed E-state index contributed by atoms with van der Waals surface area (Å²) in [6.07, 6.45) is 4.18. The first kappa shape index (κ1) is 41.7. The van der Waals surface area contributed by atoms with E-state index in [1.54, 1.807) is 11.2 Å². The fraction of sp³-hybridized carbons (Fsp3) is 0.404. The van der Waals surface area contributed by atoms with E-state index in [0.717, 1.165) is 104 Å². The molecule has 3 aliphatic heterocycles. The molecule has 16 heteroatoms. The average molecular weight is 851 g/mol. The van der Waals surface area contributed by atoms with Crippen LogP contribution in [0.25, 0.3) is 33.8 Å². The number of urea groups is 1. The number of carbonyl (C=O) groups is 3. The number of fused-ring (bicyclic) bond motifs is 1. The number of piperazine rings is 1. The van der Waals surface area contributed by atoms with Crippen molar-refractivity contribution in [1.29, 1.82) is 0 Å². The Bertz CT molecular complexity index is 2620. The largest absolute Gasteiger partial charge is 0.372 e. The third kappa shape index (κ3) is 8.98. The number of rotatable bonds is 10. The molecule has 0 spiro atoms. The van der Waals surface area contributed by atoms with Crippen molar-refractivity contribution in [2.24, 2.45) is 5.92 Å². The zero-order chi connectivity index (χ0) is 43.8. The van der Waals surface area contributed by atoms with Crippen molar-refractivity contribution in [3.8, 4) is 22.6 Å². The molecular formula is C47H54N12O4. The summed E-state index contributed by atoms with van der Waals surface area (Å²) < 4.78 is 5.31. The lowest BCUT2D eigenvalue weighted by Gasteiger charge is -2.40. The van der Waals surface area contributed by atoms with Gasteiger partial charge in [0.25, 0.3) is 11.7 Å². The summed E-state index contributed by atoms with van der Waals surface area (Å²) in [5.74, 6) is 1.23. The van der Waals surface area contributed by atoms with Gasteiger partial charge in [0.1, 0.15) is 17.7 Å². The van der Waals surface area contributed by atoms with Crippen molar-refractivity contribution in [1.82, 2.24) is 45.6 Å². The van der Waals surface area contributed by atoms with Crippen molar-refractivity contribution in [2.75, 3.05) is 67.1 Å². The van der Waals surface area contributed by atoms with Gasteiger partial charge in [0.05, 0.1) is 11.7 Å². The Morgan fingerprint density at radius 2 is 1.51 bits per heavy atom. The summed E-state index contributed by atoms with van der Waals surface area (Å²) in [6.45, 7) is 17.4. The number of hydrogen-bond donors (Lipinski definition) is 3. The second-order valence-electron chi connectivity index (χ2n) is 18.0. The highest BCUT2D eigenvalue weighted by atomic mass is 16.5. The number of nitrogens with one attached hydrogen (secondary N) is 3. The zero-order valence-electron chi connectivity index (χ0n) is 36.5. The van der Waals surface area contributed by atoms with Gasteiger partial charge in [0, 0.05) is 92.4 Å². The zero-order valence-corrected chi connectivity index (χ0v) is 36.5. The van der Waals surface area contributed by atoms with Crippen LogP contribution < -0.4 is 25.3 Å². The maximum Gasteiger partial charge on any atom is 0.328 e. The first-order valence-corrected chi connectivity index (χ1v) is 21.9. The van der Waals surface area contributed by atoms with E-state index in [-0.39, 0.29) is 29.2 Å². The second-order valence-corrected chi connectivity index (χ2v) is 18.0. The van der Waals surface area contributed by atoms with E-state index in [1.807, 2.05) is 58.9 Å². The minimum absolute atomic E-state index is 0.0164. The molecule has 6 aromatic rings. The predicted molar refractivity (Wildman–Crippen MR) is 242 cm³/mol. The Hall–Kier alpha value is -6.68. The maximum atomic E-state index is 12.9. The molecule has 63 heavy (non-hydrogen) atoms. The molecule has 1 unspecified atom stereocenters. The van der Waals surface area contributed by atoms with Gasteiger partial charge in [-0.15, -0.1) is 0 Å². The minimum atomic E-state index is -0.391. The molecule has 0 aliphatic carbocycles. The number of piperidine rings is 1. The molecule has 1 atom stereocenters. The van der Waals surface area contributed by atoms with Gasteiger partial charge in [-0.25, -0.2) is 19.7 Å². The van der Waals surface area contributed by atoms with Crippen molar-refractivity contribution < 1.29 is 18.9 Å². The fourth-order valence-electron chi connectivity index (χ4n) is 8.86. The number of anilines is 3. The molecule has 0 radical (unpaired) electrons. The maximum absolute atomic E-state index is 12.9. The normalized spacial score (nSPS) is 17.3. The molecule has 0 saturated carbocycles. The lowest BCUT2D eigenvalue weighted by molar-refractivity contribution is -0.120. The SMILES string of the molecule is Cc1cc(-c2ncnc3nc(-c4ccc(N5CCN(CC6CCN(c7ccc(N8CCC(=O)NC8=O)cc7)CC6)CC5)cc4)[nH]c23)ccc1C(C)NC(=O)c1noc(C(C)(C)C)n1. The predicted octanol–water partition coefficient (Wildman–Crippen LogP) is 6.65. The number of imide groups is 1. The molecule has 4 amide bonds. The molecular weight excluding hydrogens is 797 g/mol. The molecule has 3 aromatic heterocycles. The quantitative estimate of drug-likeness (QED) is 0.134. The molecule has 9 rings (SSSR count). The Labute approximate surface area is 366 Å². The number of nitrogens with zero attached hydrogens (tertiary/aromatic N) is 9. The van der Waals surface area contributed by atoms with Gasteiger partial charge < -0.3 is 24.6 Å². The van der Waals surface area contributed by atoms with Crippen LogP contribution in [0.1, 0.15) is 80.6 Å². The van der Waals surface area contributed by atoms with Gasteiger partial charge in [-0.05, 0) is 98.3 Å². The highest BCUT2D eigenvalue weighted by molar-refractivity contribution is 6.05. The van der Waals surface area contributed by atoms with Gasteiger partial charge in [-0.2, -0.15) is 4.98 Å². The number of carbonyl (C=O) groups excluding carboxylic acids is 3. The minimum Gasteiger partial charge on any atom is -0.372 e. The molecule has 0 bridgehead atoms. The molecule has 3 N–H and O–H groups in total. The number of aromatic amines is 1. The fourth-order valence-corrected chi connectivity index (χ4v) is 8.86. The van der Waals surface area contributed by atoms with Crippen LogP contribution in [0, 0.1) is 12.8 Å². The summed E-state index contributed by atoms with van der Waals surface area (Å²) in [5.41, 5.74) is 8.81. The highest BCUT2D eigenvalue weighted by Gasteiger charge is 2.28. The monoisotopic (exact) mass is 850 g/mol. The van der Waals surface area contributed by atoms with E-state index in [9.17, 15) is 14.4 Å². The van der Waals surface area contributed by atoms with E-state index in [1.165, 1.54) is 11.4 Å². The Morgan fingerprint density at radius 3 is 2.17 bits per heavy atom. The lowest BCUT2D eigenvalue weighted by atomic mass is 9.95. The molecule has 3 aromatic carbocycles. The van der Waals surface area contributed by atoms with Crippen LogP contribution in [0.5, 0.6) is 0 Å². The number of aromatic nitrogens is 6. The number of amides is 4. The highest BCUT2D eigenvalue weighted by Crippen LogP contribution is 2.32. The van der Waals surface area contributed by atoms with Crippen molar-refractivity contribution in [2.45, 2.75) is 65.3 Å². The summed E-state index contributed by atoms with van der Waals surface area (Å²) in [4.78, 5) is 67.7. The van der Waals surface area contributed by atoms with E-state index < -0.39 is 5.91 Å². The van der Waals surface area contributed by atoms with E-state index in [4.69, 9.17) is 9.51 Å². The van der Waals surface area contributed by atoms with E-state index >= 15 is 0 Å². The Kier molecular flexibility index (Phi) is 11.4. The summed E-state index contributed by atoms with van der Waals surface area (Å²) >= 11 is 0. The molecule has 6 heterocycles. The third-order valence-electron chi connectivity index (χ3n) is 12.5. The van der Waals surface area contributed by atoms with Crippen LogP contribution in [-0.2, 0) is 10.2 Å². The van der Waals surface area contributed by atoms with Crippen molar-refractivity contribution >= 4 is 46.1 Å². The third-order valence-corrected chi connectivity index (χ3v) is 12.5. The first-order chi connectivity index (χ1) is 30.4. The van der Waals surface area contributed by atoms with Gasteiger partial charge in [-0.1, -0.05) is 38.1 Å². The smallest absolute Gasteiger partial charge is 0.328 e. The van der Waals surface area contributed by atoms with Crippen LogP contribution in [0.3, 0.4) is 0 Å². The first-order valence-electron chi connectivity index (χ1n) is 21.9. The number of hydrogen-bond acceptors (Lipinski definition) is 12. The summed E-state index contributed by atoms with van der Waals surface area (Å²) in [6, 6.07) is 22.2. The van der Waals surface area contributed by atoms with Gasteiger partial charge in [0.15, 0.2) is 5.65 Å². The number of H-pyrrole nitrogens is 1. The van der Waals surface area contributed by atoms with Crippen LogP contribution in [-0.4, -0.2) is 105 Å². The topological polar surface area (TPSA) is 182 Å². The van der Waals surface area contributed by atoms with Crippen LogP contribution >= 0.6 is 0 Å². The lowest BCUT2D eigenvalue weighted by Crippen LogP contribution is -2.49. The molecule has 3 fully saturated rings. The van der Waals surface area contributed by atoms with Crippen LogP contribution in [0.4, 0.5) is 21.9 Å².